The Morgan fingerprint density at radius 3 is 2.71 bits per heavy atom. The van der Waals surface area contributed by atoms with E-state index in [4.69, 9.17) is 21.1 Å². The lowest BCUT2D eigenvalue weighted by molar-refractivity contribution is 0.0188. The number of hydrogen-bond acceptors (Lipinski definition) is 6. The predicted octanol–water partition coefficient (Wildman–Crippen LogP) is 3.09. The van der Waals surface area contributed by atoms with Gasteiger partial charge in [0.2, 0.25) is 0 Å². The van der Waals surface area contributed by atoms with Gasteiger partial charge in [0.05, 0.1) is 31.0 Å². The third-order valence-corrected chi connectivity index (χ3v) is 4.86. The largest absolute Gasteiger partial charge is 0.465 e. The smallest absolute Gasteiger partial charge is 0.340 e. The third-order valence-electron chi connectivity index (χ3n) is 4.41. The summed E-state index contributed by atoms with van der Waals surface area (Å²) >= 11 is 6.36. The van der Waals surface area contributed by atoms with Crippen molar-refractivity contribution in [3.05, 3.63) is 46.9 Å². The van der Waals surface area contributed by atoms with Gasteiger partial charge >= 0.3 is 5.97 Å². The number of methoxy groups -OCH3 is 1. The third kappa shape index (κ3) is 4.97. The van der Waals surface area contributed by atoms with Crippen LogP contribution in [0.1, 0.15) is 20.8 Å². The van der Waals surface area contributed by atoms with E-state index in [0.29, 0.717) is 21.7 Å². The number of carbonyl (C=O) groups excluding carboxylic acids is 2. The summed E-state index contributed by atoms with van der Waals surface area (Å²) in [5.74, 6) is -1.18. The van der Waals surface area contributed by atoms with Gasteiger partial charge in [-0.15, -0.1) is 0 Å². The van der Waals surface area contributed by atoms with Gasteiger partial charge in [0.25, 0.3) is 12.3 Å². The fourth-order valence-corrected chi connectivity index (χ4v) is 3.16. The maximum atomic E-state index is 12.7. The van der Waals surface area contributed by atoms with Crippen LogP contribution in [0.5, 0.6) is 0 Å². The quantitative estimate of drug-likeness (QED) is 0.417. The first-order valence-corrected chi connectivity index (χ1v) is 9.55. The number of carbonyl (C=O) groups is 2. The lowest BCUT2D eigenvalue weighted by Crippen LogP contribution is -2.28. The highest BCUT2D eigenvalue weighted by atomic mass is 35.5. The molecule has 164 valence electrons. The first-order chi connectivity index (χ1) is 14.8. The highest BCUT2D eigenvalue weighted by Gasteiger charge is 2.20. The molecule has 1 aromatic carbocycles. The van der Waals surface area contributed by atoms with E-state index in [1.807, 2.05) is 0 Å². The van der Waals surface area contributed by atoms with E-state index < -0.39 is 24.9 Å². The van der Waals surface area contributed by atoms with Gasteiger partial charge in [0.15, 0.2) is 0 Å². The molecule has 2 aromatic heterocycles. The Kier molecular flexibility index (Phi) is 7.13. The second-order valence-electron chi connectivity index (χ2n) is 6.44. The van der Waals surface area contributed by atoms with Crippen molar-refractivity contribution >= 4 is 34.4 Å². The Morgan fingerprint density at radius 2 is 2.06 bits per heavy atom. The molecular weight excluding hydrogens is 434 g/mol. The van der Waals surface area contributed by atoms with Crippen LogP contribution in [0.15, 0.2) is 30.5 Å². The van der Waals surface area contributed by atoms with E-state index in [2.05, 4.69) is 15.4 Å². The normalized spacial score (nSPS) is 11.2. The first-order valence-electron chi connectivity index (χ1n) is 9.17. The zero-order valence-electron chi connectivity index (χ0n) is 16.7. The molecule has 0 aliphatic heterocycles. The number of rotatable bonds is 8. The topological polar surface area (TPSA) is 95.3 Å². The number of aromatic nitrogens is 3. The van der Waals surface area contributed by atoms with Gasteiger partial charge in [-0.2, -0.15) is 5.10 Å². The van der Waals surface area contributed by atoms with Crippen molar-refractivity contribution in [2.45, 2.75) is 6.43 Å². The van der Waals surface area contributed by atoms with E-state index in [1.165, 1.54) is 23.9 Å². The van der Waals surface area contributed by atoms with Crippen LogP contribution in [0.25, 0.3) is 22.0 Å². The number of esters is 1. The summed E-state index contributed by atoms with van der Waals surface area (Å²) in [5.41, 5.74) is 1.54. The standard InChI is InChI=1S/C20H19ClF2N4O4/c1-27-18(21)14(9-25-27)13-8-15(19(28)24-6-7-31-10-16(22)23)26-17-11(13)4-3-5-12(17)20(29)30-2/h3-5,8-9,16H,6-7,10H2,1-2H3,(H,24,28). The molecule has 2 heterocycles. The molecule has 31 heavy (non-hydrogen) atoms. The molecule has 0 fully saturated rings. The van der Waals surface area contributed by atoms with Gasteiger partial charge in [-0.25, -0.2) is 18.6 Å². The molecule has 0 bridgehead atoms. The van der Waals surface area contributed by atoms with Crippen LogP contribution < -0.4 is 5.32 Å². The first kappa shape index (κ1) is 22.6. The summed E-state index contributed by atoms with van der Waals surface area (Å²) in [6.45, 7) is -0.790. The van der Waals surface area contributed by atoms with Crippen LogP contribution in [-0.2, 0) is 16.5 Å². The number of para-hydroxylation sites is 1. The summed E-state index contributed by atoms with van der Waals surface area (Å²) in [5, 5.41) is 7.60. The van der Waals surface area contributed by atoms with Gasteiger partial charge in [-0.1, -0.05) is 23.7 Å². The highest BCUT2D eigenvalue weighted by molar-refractivity contribution is 6.32. The summed E-state index contributed by atoms with van der Waals surface area (Å²) in [7, 11) is 2.91. The zero-order chi connectivity index (χ0) is 22.5. The molecule has 1 N–H and O–H groups in total. The number of hydrogen-bond donors (Lipinski definition) is 1. The number of benzene rings is 1. The van der Waals surface area contributed by atoms with Gasteiger partial charge in [0, 0.05) is 24.5 Å². The number of fused-ring (bicyclic) bond motifs is 1. The second-order valence-corrected chi connectivity index (χ2v) is 6.80. The number of alkyl halides is 2. The number of nitrogens with zero attached hydrogens (tertiary/aromatic N) is 3. The summed E-state index contributed by atoms with van der Waals surface area (Å²) in [4.78, 5) is 29.3. The number of nitrogens with one attached hydrogen (secondary N) is 1. The molecule has 1 amide bonds. The summed E-state index contributed by atoms with van der Waals surface area (Å²) in [6, 6.07) is 6.48. The van der Waals surface area contributed by atoms with Crippen molar-refractivity contribution in [2.75, 3.05) is 26.9 Å². The molecule has 3 aromatic rings. The Balaban J connectivity index is 2.03. The van der Waals surface area contributed by atoms with Gasteiger partial charge in [-0.05, 0) is 17.7 Å². The fourth-order valence-electron chi connectivity index (χ4n) is 2.97. The van der Waals surface area contributed by atoms with Crippen LogP contribution in [0, 0.1) is 0 Å². The molecule has 0 unspecified atom stereocenters. The fraction of sp³-hybridized carbons (Fsp3) is 0.300. The highest BCUT2D eigenvalue weighted by Crippen LogP contribution is 2.34. The van der Waals surface area contributed by atoms with Crippen LogP contribution in [-0.4, -0.2) is 59.9 Å². The SMILES string of the molecule is COC(=O)c1cccc2c(-c3cnn(C)c3Cl)cc(C(=O)NCCOCC(F)F)nc12. The minimum Gasteiger partial charge on any atom is -0.465 e. The van der Waals surface area contributed by atoms with Gasteiger partial charge < -0.3 is 14.8 Å². The van der Waals surface area contributed by atoms with E-state index in [1.54, 1.807) is 25.4 Å². The minimum absolute atomic E-state index is 0.00685. The zero-order valence-corrected chi connectivity index (χ0v) is 17.4. The number of amides is 1. The Bertz CT molecular complexity index is 1120. The monoisotopic (exact) mass is 452 g/mol. The molecule has 0 saturated heterocycles. The van der Waals surface area contributed by atoms with E-state index in [9.17, 15) is 18.4 Å². The van der Waals surface area contributed by atoms with E-state index in [0.717, 1.165) is 0 Å². The molecule has 0 aliphatic carbocycles. The predicted molar refractivity (Wildman–Crippen MR) is 109 cm³/mol. The van der Waals surface area contributed by atoms with Crippen molar-refractivity contribution in [2.24, 2.45) is 7.05 Å². The molecule has 0 aliphatic rings. The van der Waals surface area contributed by atoms with Crippen molar-refractivity contribution in [3.8, 4) is 11.1 Å². The molecule has 11 heteroatoms. The van der Waals surface area contributed by atoms with E-state index >= 15 is 0 Å². The lowest BCUT2D eigenvalue weighted by Gasteiger charge is -2.12. The van der Waals surface area contributed by atoms with E-state index in [-0.39, 0.29) is 29.9 Å². The number of halogens is 3. The molecule has 0 atom stereocenters. The maximum Gasteiger partial charge on any atom is 0.340 e. The van der Waals surface area contributed by atoms with Crippen molar-refractivity contribution < 1.29 is 27.8 Å². The second kappa shape index (κ2) is 9.80. The van der Waals surface area contributed by atoms with Crippen LogP contribution in [0.4, 0.5) is 8.78 Å². The van der Waals surface area contributed by atoms with Crippen molar-refractivity contribution in [3.63, 3.8) is 0 Å². The van der Waals surface area contributed by atoms with Crippen LogP contribution in [0.3, 0.4) is 0 Å². The maximum absolute atomic E-state index is 12.7. The number of aryl methyl sites for hydroxylation is 1. The minimum atomic E-state index is -2.58. The molecular formula is C20H19ClF2N4O4. The lowest BCUT2D eigenvalue weighted by atomic mass is 10.00. The van der Waals surface area contributed by atoms with Crippen LogP contribution in [0.2, 0.25) is 5.15 Å². The number of ether oxygens (including phenoxy) is 2. The summed E-state index contributed by atoms with van der Waals surface area (Å²) in [6.07, 6.45) is -1.04. The molecule has 3 rings (SSSR count). The summed E-state index contributed by atoms with van der Waals surface area (Å²) < 4.78 is 35.3. The van der Waals surface area contributed by atoms with Crippen molar-refractivity contribution in [1.82, 2.24) is 20.1 Å². The van der Waals surface area contributed by atoms with Crippen molar-refractivity contribution in [1.29, 1.82) is 0 Å². The Hall–Kier alpha value is -3.11. The molecule has 0 radical (unpaired) electrons. The number of pyridine rings is 1. The van der Waals surface area contributed by atoms with Crippen LogP contribution >= 0.6 is 11.6 Å². The molecule has 0 spiro atoms. The average molecular weight is 453 g/mol. The van der Waals surface area contributed by atoms with Gasteiger partial charge in [-0.3, -0.25) is 9.48 Å². The molecule has 0 saturated carbocycles. The average Bonchev–Trinajstić information content (AvgIpc) is 3.09. The molecule has 8 nitrogen and oxygen atoms in total. The Labute approximate surface area is 181 Å². The Morgan fingerprint density at radius 1 is 1.29 bits per heavy atom. The van der Waals surface area contributed by atoms with Gasteiger partial charge in [0.1, 0.15) is 17.5 Å².